The number of carbonyl (C=O) groups is 2. The van der Waals surface area contributed by atoms with Gasteiger partial charge in [-0.1, -0.05) is 13.8 Å². The molecule has 3 aliphatic rings. The molecule has 1 saturated carbocycles. The van der Waals surface area contributed by atoms with Crippen LogP contribution >= 0.6 is 0 Å². The number of rotatable bonds is 9. The van der Waals surface area contributed by atoms with Crippen LogP contribution < -0.4 is 10.2 Å². The molecule has 1 unspecified atom stereocenters. The van der Waals surface area contributed by atoms with Crippen LogP contribution in [0.5, 0.6) is 0 Å². The maximum atomic E-state index is 14.6. The van der Waals surface area contributed by atoms with E-state index in [1.807, 2.05) is 14.0 Å². The van der Waals surface area contributed by atoms with Gasteiger partial charge in [-0.2, -0.15) is 13.2 Å². The van der Waals surface area contributed by atoms with Crippen molar-refractivity contribution in [2.24, 2.45) is 13.0 Å². The van der Waals surface area contributed by atoms with Crippen LogP contribution in [0, 0.1) is 5.92 Å². The minimum absolute atomic E-state index is 0.00812. The fraction of sp³-hybridized carbons (Fsp3) is 0.559. The Balaban J connectivity index is 0.00000156. The number of carboxylic acid groups (broad SMARTS) is 1. The lowest BCUT2D eigenvalue weighted by Gasteiger charge is -2.48. The minimum Gasteiger partial charge on any atom is -0.483 e. The van der Waals surface area contributed by atoms with Crippen molar-refractivity contribution >= 4 is 24.0 Å². The summed E-state index contributed by atoms with van der Waals surface area (Å²) in [5.74, 6) is -2.21. The van der Waals surface area contributed by atoms with E-state index in [1.165, 1.54) is 17.3 Å². The zero-order valence-corrected chi connectivity index (χ0v) is 28.8. The number of aromatic nitrogens is 4. The second-order valence-electron chi connectivity index (χ2n) is 13.9. The van der Waals surface area contributed by atoms with Crippen molar-refractivity contribution in [3.8, 4) is 0 Å². The fourth-order valence-electron chi connectivity index (χ4n) is 7.42. The molecule has 16 heteroatoms. The number of carbonyl (C=O) groups excluding carboxylic acids is 1. The molecule has 4 heterocycles. The molecule has 1 atom stereocenters. The third kappa shape index (κ3) is 7.60. The molecule has 1 saturated heterocycles. The number of piperazine rings is 1. The molecule has 2 fully saturated rings. The maximum absolute atomic E-state index is 14.6. The molecule has 272 valence electrons. The number of hydrogen-bond acceptors (Lipinski definition) is 8. The molecular formula is C34H43F5N8O3. The standard InChI is InChI=1S/C33H41F5N8O.CH2O2/c1-6-39-27-11-22(31(17-32(34,35)18-31)13-29-42-40-19-44(29)5)12-28(41-27)46-15-24-23(30(46)47)9-21(10-25(24)33(36,37)38)14-45-8-7-43(4)16-26(45)20(2)3;2-1-3/h9-12,19-20,26H,6-8,13-18H2,1-5H3,(H,39,41);1H,(H,2,3). The van der Waals surface area contributed by atoms with Gasteiger partial charge in [-0.05, 0) is 60.8 Å². The first-order valence-electron chi connectivity index (χ1n) is 16.5. The van der Waals surface area contributed by atoms with Crippen molar-refractivity contribution < 1.29 is 36.6 Å². The first kappa shape index (κ1) is 37.1. The first-order valence-corrected chi connectivity index (χ1v) is 16.5. The van der Waals surface area contributed by atoms with Gasteiger partial charge in [0.2, 0.25) is 5.92 Å². The summed E-state index contributed by atoms with van der Waals surface area (Å²) in [6.45, 7) is 8.53. The first-order chi connectivity index (χ1) is 23.5. The molecule has 0 spiro atoms. The highest BCUT2D eigenvalue weighted by Gasteiger charge is 2.58. The number of halogens is 5. The molecule has 50 heavy (non-hydrogen) atoms. The Morgan fingerprint density at radius 2 is 1.82 bits per heavy atom. The highest BCUT2D eigenvalue weighted by Crippen LogP contribution is 2.55. The van der Waals surface area contributed by atoms with Crippen LogP contribution in [0.1, 0.15) is 72.0 Å². The van der Waals surface area contributed by atoms with E-state index in [-0.39, 0.29) is 49.0 Å². The molecule has 11 nitrogen and oxygen atoms in total. The highest BCUT2D eigenvalue weighted by atomic mass is 19.4. The van der Waals surface area contributed by atoms with E-state index in [0.717, 1.165) is 13.1 Å². The largest absolute Gasteiger partial charge is 0.483 e. The SMILES string of the molecule is CCNc1cc(C2(Cc3nncn3C)CC(F)(F)C2)cc(N2Cc3c(cc(CN4CCN(C)CC4C(C)C)cc3C(F)(F)F)C2=O)n1.O=CO. The van der Waals surface area contributed by atoms with Gasteiger partial charge in [-0.15, -0.1) is 10.2 Å². The zero-order chi connectivity index (χ0) is 36.6. The number of alkyl halides is 5. The highest BCUT2D eigenvalue weighted by molar-refractivity contribution is 6.10. The van der Waals surface area contributed by atoms with E-state index < -0.39 is 41.8 Å². The normalized spacial score (nSPS) is 20.3. The average molecular weight is 707 g/mol. The van der Waals surface area contributed by atoms with Gasteiger partial charge in [-0.25, -0.2) is 13.8 Å². The second-order valence-corrected chi connectivity index (χ2v) is 13.9. The summed E-state index contributed by atoms with van der Waals surface area (Å²) in [5, 5.41) is 18.0. The van der Waals surface area contributed by atoms with Crippen molar-refractivity contribution in [3.05, 3.63) is 64.2 Å². The third-order valence-corrected chi connectivity index (χ3v) is 9.85. The number of benzene rings is 1. The van der Waals surface area contributed by atoms with Gasteiger partial charge in [0.25, 0.3) is 12.4 Å². The average Bonchev–Trinajstić information content (AvgIpc) is 3.58. The summed E-state index contributed by atoms with van der Waals surface area (Å²) in [4.78, 5) is 32.6. The van der Waals surface area contributed by atoms with Gasteiger partial charge in [0.15, 0.2) is 0 Å². The minimum atomic E-state index is -4.68. The lowest BCUT2D eigenvalue weighted by Crippen LogP contribution is -2.53. The van der Waals surface area contributed by atoms with Gasteiger partial charge in [0, 0.05) is 76.1 Å². The number of anilines is 2. The van der Waals surface area contributed by atoms with Crippen molar-refractivity contribution in [2.75, 3.05) is 43.4 Å². The third-order valence-electron chi connectivity index (χ3n) is 9.85. The van der Waals surface area contributed by atoms with Crippen LogP contribution in [0.2, 0.25) is 0 Å². The Hall–Kier alpha value is -4.18. The zero-order valence-electron chi connectivity index (χ0n) is 28.8. The molecule has 1 aromatic carbocycles. The number of likely N-dealkylation sites (N-methyl/N-ethyl adjacent to an activating group) is 1. The molecule has 0 radical (unpaired) electrons. The number of hydrogen-bond donors (Lipinski definition) is 2. The van der Waals surface area contributed by atoms with Crippen LogP contribution in [0.25, 0.3) is 0 Å². The summed E-state index contributed by atoms with van der Waals surface area (Å²) in [6.07, 6.45) is -3.89. The smallest absolute Gasteiger partial charge is 0.416 e. The Labute approximate surface area is 287 Å². The molecule has 3 aromatic rings. The number of nitrogens with one attached hydrogen (secondary N) is 1. The molecule has 1 amide bonds. The van der Waals surface area contributed by atoms with E-state index in [9.17, 15) is 26.7 Å². The Bertz CT molecular complexity index is 1700. The van der Waals surface area contributed by atoms with Crippen molar-refractivity contribution in [3.63, 3.8) is 0 Å². The summed E-state index contributed by atoms with van der Waals surface area (Å²) in [5.41, 5.74) is -1.03. The van der Waals surface area contributed by atoms with Gasteiger partial charge >= 0.3 is 6.18 Å². The van der Waals surface area contributed by atoms with Crippen molar-refractivity contribution in [1.82, 2.24) is 29.5 Å². The molecule has 2 aliphatic heterocycles. The van der Waals surface area contributed by atoms with Crippen molar-refractivity contribution in [1.29, 1.82) is 0 Å². The van der Waals surface area contributed by atoms with Gasteiger partial charge in [0.05, 0.1) is 12.1 Å². The molecule has 0 bridgehead atoms. The maximum Gasteiger partial charge on any atom is 0.416 e. The Morgan fingerprint density at radius 1 is 1.12 bits per heavy atom. The Morgan fingerprint density at radius 3 is 2.40 bits per heavy atom. The monoisotopic (exact) mass is 706 g/mol. The van der Waals surface area contributed by atoms with E-state index in [2.05, 4.69) is 44.1 Å². The van der Waals surface area contributed by atoms with Crippen molar-refractivity contribution in [2.45, 2.75) is 76.7 Å². The predicted octanol–water partition coefficient (Wildman–Crippen LogP) is 5.20. The molecule has 2 aromatic heterocycles. The van der Waals surface area contributed by atoms with E-state index in [0.29, 0.717) is 41.8 Å². The van der Waals surface area contributed by atoms with Crippen LogP contribution in [0.15, 0.2) is 30.6 Å². The predicted molar refractivity (Wildman–Crippen MR) is 176 cm³/mol. The van der Waals surface area contributed by atoms with Crippen LogP contribution in [-0.2, 0) is 42.9 Å². The van der Waals surface area contributed by atoms with Gasteiger partial charge < -0.3 is 19.9 Å². The second kappa shape index (κ2) is 14.2. The van der Waals surface area contributed by atoms with E-state index >= 15 is 0 Å². The molecule has 2 N–H and O–H groups in total. The number of fused-ring (bicyclic) bond motifs is 1. The number of pyridine rings is 1. The topological polar surface area (TPSA) is 120 Å². The molecular weight excluding hydrogens is 663 g/mol. The molecule has 6 rings (SSSR count). The Kier molecular flexibility index (Phi) is 10.5. The van der Waals surface area contributed by atoms with Crippen LogP contribution in [0.4, 0.5) is 33.6 Å². The fourth-order valence-corrected chi connectivity index (χ4v) is 7.42. The van der Waals surface area contributed by atoms with Gasteiger partial charge in [-0.3, -0.25) is 19.4 Å². The van der Waals surface area contributed by atoms with Crippen LogP contribution in [-0.4, -0.2) is 92.2 Å². The summed E-state index contributed by atoms with van der Waals surface area (Å²) < 4.78 is 74.5. The van der Waals surface area contributed by atoms with E-state index in [1.54, 1.807) is 29.8 Å². The van der Waals surface area contributed by atoms with Gasteiger partial charge in [0.1, 0.15) is 23.8 Å². The number of nitrogens with zero attached hydrogens (tertiary/aromatic N) is 7. The molecule has 1 aliphatic carbocycles. The van der Waals surface area contributed by atoms with Crippen LogP contribution in [0.3, 0.4) is 0 Å². The van der Waals surface area contributed by atoms with E-state index in [4.69, 9.17) is 9.90 Å². The summed E-state index contributed by atoms with van der Waals surface area (Å²) >= 11 is 0. The summed E-state index contributed by atoms with van der Waals surface area (Å²) in [6, 6.07) is 6.17. The number of amides is 1. The summed E-state index contributed by atoms with van der Waals surface area (Å²) in [7, 11) is 3.77. The lowest BCUT2D eigenvalue weighted by atomic mass is 9.60. The quantitative estimate of drug-likeness (QED) is 0.229. The number of aryl methyl sites for hydroxylation is 1. The lowest BCUT2D eigenvalue weighted by molar-refractivity contribution is -0.138.